The summed E-state index contributed by atoms with van der Waals surface area (Å²) in [4.78, 5) is 10.7. The van der Waals surface area contributed by atoms with E-state index in [1.165, 1.54) is 6.07 Å². The molecule has 0 bridgehead atoms. The second kappa shape index (κ2) is 5.80. The van der Waals surface area contributed by atoms with Crippen molar-refractivity contribution < 1.29 is 4.92 Å². The third-order valence-corrected chi connectivity index (χ3v) is 5.34. The molecule has 6 heteroatoms. The van der Waals surface area contributed by atoms with Gasteiger partial charge < -0.3 is 5.32 Å². The van der Waals surface area contributed by atoms with Crippen LogP contribution in [0.15, 0.2) is 48.6 Å². The third-order valence-electron chi connectivity index (χ3n) is 4.83. The molecule has 0 fully saturated rings. The summed E-state index contributed by atoms with van der Waals surface area (Å²) in [5.74, 6) is 0.496. The van der Waals surface area contributed by atoms with Crippen LogP contribution in [0, 0.1) is 16.0 Å². The highest BCUT2D eigenvalue weighted by atomic mass is 35.5. The first kappa shape index (κ1) is 15.5. The number of nitrogens with one attached hydrogen (secondary N) is 1. The summed E-state index contributed by atoms with van der Waals surface area (Å²) in [6.45, 7) is 0. The summed E-state index contributed by atoms with van der Waals surface area (Å²) >= 11 is 12.6. The highest BCUT2D eigenvalue weighted by molar-refractivity contribution is 6.36. The van der Waals surface area contributed by atoms with Crippen LogP contribution >= 0.6 is 23.2 Å². The molecule has 4 rings (SSSR count). The van der Waals surface area contributed by atoms with Gasteiger partial charge in [-0.1, -0.05) is 47.5 Å². The second-order valence-corrected chi connectivity index (χ2v) is 7.02. The van der Waals surface area contributed by atoms with Crippen molar-refractivity contribution in [2.75, 3.05) is 5.32 Å². The molecule has 1 N–H and O–H groups in total. The summed E-state index contributed by atoms with van der Waals surface area (Å²) in [7, 11) is 0. The molecule has 0 aromatic heterocycles. The topological polar surface area (TPSA) is 55.2 Å². The number of hydrogen-bond acceptors (Lipinski definition) is 3. The number of nitrogens with zero attached hydrogens (tertiary/aromatic N) is 1. The van der Waals surface area contributed by atoms with E-state index >= 15 is 0 Å². The van der Waals surface area contributed by atoms with Crippen LogP contribution in [0.3, 0.4) is 0 Å². The Hall–Kier alpha value is -2.04. The van der Waals surface area contributed by atoms with Crippen LogP contribution in [0.1, 0.15) is 29.5 Å². The van der Waals surface area contributed by atoms with Gasteiger partial charge in [0.05, 0.1) is 21.7 Å². The minimum atomic E-state index is -0.364. The Bertz CT molecular complexity index is 866. The SMILES string of the molecule is O=[N+]([O-])c1cccc([C@@H]2Nc3c(Cl)cc(Cl)cc3[C@H]3C=CC[C@@H]32)c1. The maximum Gasteiger partial charge on any atom is 0.269 e. The standard InChI is InChI=1S/C18H14Cl2N2O2/c19-11-8-15-13-5-2-6-14(13)17(21-18(15)16(20)9-11)10-3-1-4-12(7-10)22(23)24/h1-5,7-9,13-14,17,21H,6H2/t13-,14-,17-/m0/s1. The average molecular weight is 361 g/mol. The van der Waals surface area contributed by atoms with Gasteiger partial charge in [-0.05, 0) is 35.6 Å². The Labute approximate surface area is 149 Å². The van der Waals surface area contributed by atoms with E-state index in [-0.39, 0.29) is 28.5 Å². The van der Waals surface area contributed by atoms with Crippen LogP contribution in [0.2, 0.25) is 10.0 Å². The van der Waals surface area contributed by atoms with E-state index in [1.807, 2.05) is 12.1 Å². The van der Waals surface area contributed by atoms with Gasteiger partial charge >= 0.3 is 0 Å². The molecule has 4 nitrogen and oxygen atoms in total. The summed E-state index contributed by atoms with van der Waals surface area (Å²) in [5, 5.41) is 15.8. The highest BCUT2D eigenvalue weighted by Crippen LogP contribution is 2.52. The van der Waals surface area contributed by atoms with E-state index in [2.05, 4.69) is 17.5 Å². The van der Waals surface area contributed by atoms with Gasteiger partial charge in [0.1, 0.15) is 0 Å². The Morgan fingerprint density at radius 2 is 2.04 bits per heavy atom. The summed E-state index contributed by atoms with van der Waals surface area (Å²) < 4.78 is 0. The minimum Gasteiger partial charge on any atom is -0.376 e. The minimum absolute atomic E-state index is 0.0314. The van der Waals surface area contributed by atoms with E-state index in [9.17, 15) is 10.1 Å². The molecule has 24 heavy (non-hydrogen) atoms. The molecular weight excluding hydrogens is 347 g/mol. The zero-order chi connectivity index (χ0) is 16.8. The first-order valence-electron chi connectivity index (χ1n) is 7.71. The van der Waals surface area contributed by atoms with Gasteiger partial charge in [0, 0.05) is 23.1 Å². The second-order valence-electron chi connectivity index (χ2n) is 6.18. The fraction of sp³-hybridized carbons (Fsp3) is 0.222. The van der Waals surface area contributed by atoms with Crippen molar-refractivity contribution in [2.24, 2.45) is 5.92 Å². The molecule has 1 aliphatic heterocycles. The molecule has 122 valence electrons. The molecule has 2 aromatic carbocycles. The van der Waals surface area contributed by atoms with Crippen LogP contribution in [0.4, 0.5) is 11.4 Å². The number of anilines is 1. The predicted octanol–water partition coefficient (Wildman–Crippen LogP) is 5.73. The van der Waals surface area contributed by atoms with Gasteiger partial charge in [0.2, 0.25) is 0 Å². The Balaban J connectivity index is 1.81. The maximum atomic E-state index is 11.1. The quantitative estimate of drug-likeness (QED) is 0.422. The number of non-ortho nitro benzene ring substituents is 1. The van der Waals surface area contributed by atoms with Gasteiger partial charge in [-0.2, -0.15) is 0 Å². The molecule has 0 unspecified atom stereocenters. The third kappa shape index (κ3) is 2.46. The first-order valence-corrected chi connectivity index (χ1v) is 8.46. The molecule has 2 aromatic rings. The normalized spacial score (nSPS) is 24.2. The van der Waals surface area contributed by atoms with Gasteiger partial charge in [-0.15, -0.1) is 0 Å². The molecule has 0 amide bonds. The van der Waals surface area contributed by atoms with E-state index in [0.717, 1.165) is 23.2 Å². The molecule has 0 saturated heterocycles. The molecule has 2 aliphatic rings. The van der Waals surface area contributed by atoms with Crippen molar-refractivity contribution in [1.29, 1.82) is 0 Å². The molecule has 1 heterocycles. The van der Waals surface area contributed by atoms with Gasteiger partial charge in [-0.3, -0.25) is 10.1 Å². The summed E-state index contributed by atoms with van der Waals surface area (Å²) in [5.41, 5.74) is 2.96. The molecule has 0 saturated carbocycles. The fourth-order valence-corrected chi connectivity index (χ4v) is 4.35. The Morgan fingerprint density at radius 3 is 2.83 bits per heavy atom. The van der Waals surface area contributed by atoms with Crippen LogP contribution in [0.25, 0.3) is 0 Å². The first-order chi connectivity index (χ1) is 11.5. The van der Waals surface area contributed by atoms with Gasteiger partial charge in [0.15, 0.2) is 0 Å². The zero-order valence-electron chi connectivity index (χ0n) is 12.6. The van der Waals surface area contributed by atoms with Crippen LogP contribution in [-0.2, 0) is 0 Å². The highest BCUT2D eigenvalue weighted by Gasteiger charge is 2.39. The number of benzene rings is 2. The van der Waals surface area contributed by atoms with Gasteiger partial charge in [-0.25, -0.2) is 0 Å². The largest absolute Gasteiger partial charge is 0.376 e. The van der Waals surface area contributed by atoms with Gasteiger partial charge in [0.25, 0.3) is 5.69 Å². The van der Waals surface area contributed by atoms with E-state index in [1.54, 1.807) is 18.2 Å². The maximum absolute atomic E-state index is 11.1. The number of fused-ring (bicyclic) bond motifs is 3. The zero-order valence-corrected chi connectivity index (χ0v) is 14.1. The molecule has 3 atom stereocenters. The molecule has 1 aliphatic carbocycles. The Morgan fingerprint density at radius 1 is 1.21 bits per heavy atom. The van der Waals surface area contributed by atoms with Crippen molar-refractivity contribution in [1.82, 2.24) is 0 Å². The molecule has 0 radical (unpaired) electrons. The lowest BCUT2D eigenvalue weighted by molar-refractivity contribution is -0.384. The van der Waals surface area contributed by atoms with E-state index in [0.29, 0.717) is 10.0 Å². The lowest BCUT2D eigenvalue weighted by Crippen LogP contribution is -2.29. The Kier molecular flexibility index (Phi) is 3.74. The van der Waals surface area contributed by atoms with Crippen LogP contribution in [0.5, 0.6) is 0 Å². The monoisotopic (exact) mass is 360 g/mol. The number of nitro benzene ring substituents is 1. The van der Waals surface area contributed by atoms with Crippen molar-refractivity contribution in [3.8, 4) is 0 Å². The molecule has 0 spiro atoms. The van der Waals surface area contributed by atoms with Crippen molar-refractivity contribution in [3.63, 3.8) is 0 Å². The van der Waals surface area contributed by atoms with Crippen LogP contribution in [-0.4, -0.2) is 4.92 Å². The number of allylic oxidation sites excluding steroid dienone is 2. The van der Waals surface area contributed by atoms with Crippen LogP contribution < -0.4 is 5.32 Å². The van der Waals surface area contributed by atoms with E-state index < -0.39 is 0 Å². The number of halogens is 2. The average Bonchev–Trinajstić information content (AvgIpc) is 3.04. The fourth-order valence-electron chi connectivity index (χ4n) is 3.78. The number of hydrogen-bond donors (Lipinski definition) is 1. The lowest BCUT2D eigenvalue weighted by atomic mass is 9.77. The van der Waals surface area contributed by atoms with Crippen molar-refractivity contribution in [2.45, 2.75) is 18.4 Å². The molecular formula is C18H14Cl2N2O2. The van der Waals surface area contributed by atoms with E-state index in [4.69, 9.17) is 23.2 Å². The predicted molar refractivity (Wildman–Crippen MR) is 95.9 cm³/mol. The summed E-state index contributed by atoms with van der Waals surface area (Å²) in [6.07, 6.45) is 5.25. The smallest absolute Gasteiger partial charge is 0.269 e. The van der Waals surface area contributed by atoms with Crippen molar-refractivity contribution >= 4 is 34.6 Å². The number of rotatable bonds is 2. The van der Waals surface area contributed by atoms with Crippen molar-refractivity contribution in [3.05, 3.63) is 79.8 Å². The summed E-state index contributed by atoms with van der Waals surface area (Å²) in [6, 6.07) is 10.4. The number of nitro groups is 1. The lowest BCUT2D eigenvalue weighted by Gasteiger charge is -2.38.